The number of rotatable bonds is 7. The summed E-state index contributed by atoms with van der Waals surface area (Å²) in [4.78, 5) is 12.2. The normalized spacial score (nSPS) is 27.7. The Bertz CT molecular complexity index is 268. The van der Waals surface area contributed by atoms with Crippen molar-refractivity contribution in [1.82, 2.24) is 5.32 Å². The monoisotopic (exact) mass is 257 g/mol. The first-order valence-electron chi connectivity index (χ1n) is 7.04. The molecule has 1 fully saturated rings. The van der Waals surface area contributed by atoms with E-state index in [-0.39, 0.29) is 12.1 Å². The second-order valence-corrected chi connectivity index (χ2v) is 5.24. The zero-order valence-electron chi connectivity index (χ0n) is 12.1. The lowest BCUT2D eigenvalue weighted by atomic mass is 9.85. The summed E-state index contributed by atoms with van der Waals surface area (Å²) in [5.41, 5.74) is -0.490. The topological polar surface area (TPSA) is 47.6 Å². The number of likely N-dealkylation sites (N-methyl/N-ethyl adjacent to an activating group) is 1. The van der Waals surface area contributed by atoms with Crippen LogP contribution in [0.5, 0.6) is 0 Å². The molecule has 4 heteroatoms. The van der Waals surface area contributed by atoms with Gasteiger partial charge in [0.25, 0.3) is 0 Å². The van der Waals surface area contributed by atoms with Crippen molar-refractivity contribution in [2.75, 3.05) is 20.3 Å². The van der Waals surface area contributed by atoms with E-state index in [1.807, 2.05) is 27.8 Å². The largest absolute Gasteiger partial charge is 0.465 e. The molecule has 0 spiro atoms. The van der Waals surface area contributed by atoms with E-state index >= 15 is 0 Å². The van der Waals surface area contributed by atoms with Gasteiger partial charge in [-0.05, 0) is 53.0 Å². The minimum atomic E-state index is -0.490. The number of nitrogens with one attached hydrogen (secondary N) is 1. The highest BCUT2D eigenvalue weighted by atomic mass is 16.5. The van der Waals surface area contributed by atoms with Crippen LogP contribution in [0.15, 0.2) is 0 Å². The van der Waals surface area contributed by atoms with Crippen LogP contribution in [0.3, 0.4) is 0 Å². The minimum Gasteiger partial charge on any atom is -0.465 e. The van der Waals surface area contributed by atoms with E-state index in [4.69, 9.17) is 9.47 Å². The first-order valence-corrected chi connectivity index (χ1v) is 7.04. The van der Waals surface area contributed by atoms with Gasteiger partial charge in [0.05, 0.1) is 12.7 Å². The molecule has 0 radical (unpaired) electrons. The summed E-state index contributed by atoms with van der Waals surface area (Å²) in [5, 5.41) is 3.22. The molecule has 18 heavy (non-hydrogen) atoms. The third-order valence-electron chi connectivity index (χ3n) is 3.82. The molecule has 4 nitrogen and oxygen atoms in total. The summed E-state index contributed by atoms with van der Waals surface area (Å²) < 4.78 is 10.8. The van der Waals surface area contributed by atoms with E-state index in [9.17, 15) is 4.79 Å². The van der Waals surface area contributed by atoms with Gasteiger partial charge in [0, 0.05) is 6.61 Å². The van der Waals surface area contributed by atoms with Gasteiger partial charge in [0.2, 0.25) is 0 Å². The van der Waals surface area contributed by atoms with E-state index in [0.717, 1.165) is 25.7 Å². The fourth-order valence-electron chi connectivity index (χ4n) is 2.87. The molecule has 0 aromatic heterocycles. The predicted molar refractivity (Wildman–Crippen MR) is 71.5 cm³/mol. The van der Waals surface area contributed by atoms with Crippen LogP contribution in [-0.4, -0.2) is 37.9 Å². The molecule has 0 heterocycles. The Morgan fingerprint density at radius 3 is 2.78 bits per heavy atom. The van der Waals surface area contributed by atoms with Crippen LogP contribution in [0.2, 0.25) is 0 Å². The summed E-state index contributed by atoms with van der Waals surface area (Å²) >= 11 is 0. The molecule has 1 aliphatic rings. The number of carbonyl (C=O) groups is 1. The average molecular weight is 257 g/mol. The fraction of sp³-hybridized carbons (Fsp3) is 0.929. The standard InChI is InChI=1S/C14H27NO3/c1-5-17-13(16)14(15-4)9-6-7-12(14)8-10-18-11(2)3/h11-12,15H,5-10H2,1-4H3. The van der Waals surface area contributed by atoms with E-state index in [0.29, 0.717) is 19.1 Å². The summed E-state index contributed by atoms with van der Waals surface area (Å²) in [7, 11) is 1.86. The molecule has 0 aromatic rings. The smallest absolute Gasteiger partial charge is 0.326 e. The maximum Gasteiger partial charge on any atom is 0.326 e. The Hall–Kier alpha value is -0.610. The van der Waals surface area contributed by atoms with Crippen LogP contribution >= 0.6 is 0 Å². The highest BCUT2D eigenvalue weighted by Crippen LogP contribution is 2.38. The summed E-state index contributed by atoms with van der Waals surface area (Å²) in [6.45, 7) is 7.08. The zero-order chi connectivity index (χ0) is 13.6. The van der Waals surface area contributed by atoms with Gasteiger partial charge in [-0.25, -0.2) is 0 Å². The Morgan fingerprint density at radius 2 is 2.22 bits per heavy atom. The molecular formula is C14H27NO3. The van der Waals surface area contributed by atoms with Crippen LogP contribution in [0.4, 0.5) is 0 Å². The maximum absolute atomic E-state index is 12.2. The van der Waals surface area contributed by atoms with Gasteiger partial charge in [-0.15, -0.1) is 0 Å². The van der Waals surface area contributed by atoms with Gasteiger partial charge in [-0.2, -0.15) is 0 Å². The molecule has 1 N–H and O–H groups in total. The van der Waals surface area contributed by atoms with E-state index in [2.05, 4.69) is 5.32 Å². The number of hydrogen-bond acceptors (Lipinski definition) is 4. The van der Waals surface area contributed by atoms with Gasteiger partial charge >= 0.3 is 5.97 Å². The minimum absolute atomic E-state index is 0.0976. The highest BCUT2D eigenvalue weighted by Gasteiger charge is 2.48. The number of ether oxygens (including phenoxy) is 2. The maximum atomic E-state index is 12.2. The van der Waals surface area contributed by atoms with Crippen molar-refractivity contribution in [2.45, 2.75) is 58.1 Å². The van der Waals surface area contributed by atoms with Gasteiger partial charge < -0.3 is 14.8 Å². The number of carbonyl (C=O) groups excluding carboxylic acids is 1. The van der Waals surface area contributed by atoms with E-state index in [1.165, 1.54) is 0 Å². The Kier molecular flexibility index (Phi) is 6.09. The molecule has 2 atom stereocenters. The van der Waals surface area contributed by atoms with Crippen LogP contribution in [0, 0.1) is 5.92 Å². The average Bonchev–Trinajstić information content (AvgIpc) is 2.73. The highest BCUT2D eigenvalue weighted by molar-refractivity contribution is 5.81. The molecule has 0 aliphatic heterocycles. The third-order valence-corrected chi connectivity index (χ3v) is 3.82. The molecule has 0 saturated heterocycles. The van der Waals surface area contributed by atoms with Gasteiger partial charge in [0.1, 0.15) is 5.54 Å². The Labute approximate surface area is 110 Å². The molecule has 1 saturated carbocycles. The van der Waals surface area contributed by atoms with Crippen molar-refractivity contribution in [3.05, 3.63) is 0 Å². The molecule has 0 bridgehead atoms. The van der Waals surface area contributed by atoms with E-state index in [1.54, 1.807) is 0 Å². The lowest BCUT2D eigenvalue weighted by Gasteiger charge is -2.33. The van der Waals surface area contributed by atoms with Gasteiger partial charge in [0.15, 0.2) is 0 Å². The lowest BCUT2D eigenvalue weighted by molar-refractivity contribution is -0.153. The van der Waals surface area contributed by atoms with Crippen molar-refractivity contribution < 1.29 is 14.3 Å². The van der Waals surface area contributed by atoms with E-state index < -0.39 is 5.54 Å². The van der Waals surface area contributed by atoms with Crippen molar-refractivity contribution in [3.63, 3.8) is 0 Å². The van der Waals surface area contributed by atoms with Gasteiger partial charge in [-0.1, -0.05) is 6.42 Å². The first kappa shape index (κ1) is 15.4. The lowest BCUT2D eigenvalue weighted by Crippen LogP contribution is -2.54. The van der Waals surface area contributed by atoms with Crippen molar-refractivity contribution in [1.29, 1.82) is 0 Å². The Morgan fingerprint density at radius 1 is 1.50 bits per heavy atom. The zero-order valence-corrected chi connectivity index (χ0v) is 12.1. The molecule has 1 aliphatic carbocycles. The first-order chi connectivity index (χ1) is 8.56. The molecule has 0 aromatic carbocycles. The van der Waals surface area contributed by atoms with Crippen LogP contribution < -0.4 is 5.32 Å². The molecule has 106 valence electrons. The van der Waals surface area contributed by atoms with Crippen LogP contribution in [-0.2, 0) is 14.3 Å². The predicted octanol–water partition coefficient (Wildman–Crippen LogP) is 2.12. The SMILES string of the molecule is CCOC(=O)C1(NC)CCCC1CCOC(C)C. The van der Waals surface area contributed by atoms with Crippen molar-refractivity contribution in [3.8, 4) is 0 Å². The Balaban J connectivity index is 2.61. The second-order valence-electron chi connectivity index (χ2n) is 5.24. The molecule has 0 amide bonds. The summed E-state index contributed by atoms with van der Waals surface area (Å²) in [6, 6.07) is 0. The summed E-state index contributed by atoms with van der Waals surface area (Å²) in [5.74, 6) is 0.222. The quantitative estimate of drug-likeness (QED) is 0.710. The number of esters is 1. The molecule has 1 rings (SSSR count). The van der Waals surface area contributed by atoms with Gasteiger partial charge in [-0.3, -0.25) is 4.79 Å². The third kappa shape index (κ3) is 3.45. The fourth-order valence-corrected chi connectivity index (χ4v) is 2.87. The van der Waals surface area contributed by atoms with Crippen molar-refractivity contribution >= 4 is 5.97 Å². The van der Waals surface area contributed by atoms with Crippen LogP contribution in [0.1, 0.15) is 46.5 Å². The molecular weight excluding hydrogens is 230 g/mol. The van der Waals surface area contributed by atoms with Crippen LogP contribution in [0.25, 0.3) is 0 Å². The molecule has 2 unspecified atom stereocenters. The number of hydrogen-bond donors (Lipinski definition) is 1. The second kappa shape index (κ2) is 7.10. The van der Waals surface area contributed by atoms with Crippen molar-refractivity contribution in [2.24, 2.45) is 5.92 Å². The summed E-state index contributed by atoms with van der Waals surface area (Å²) in [6.07, 6.45) is 4.18.